The molecule has 4 heterocycles. The number of rotatable bonds is 4. The lowest BCUT2D eigenvalue weighted by Crippen LogP contribution is -2.47. The Morgan fingerprint density at radius 3 is 2.89 bits per heavy atom. The van der Waals surface area contributed by atoms with Crippen LogP contribution in [-0.4, -0.2) is 35.9 Å². The first kappa shape index (κ1) is 14.3. The molecule has 3 saturated heterocycles. The average Bonchev–Trinajstić information content (AvgIpc) is 2.82. The number of aromatic nitrogens is 1. The van der Waals surface area contributed by atoms with E-state index in [4.69, 9.17) is 9.36 Å². The van der Waals surface area contributed by atoms with Crippen LogP contribution in [0.1, 0.15) is 24.3 Å². The van der Waals surface area contributed by atoms with Crippen LogP contribution < -0.4 is 0 Å². The third kappa shape index (κ3) is 3.48. The molecule has 3 aliphatic heterocycles. The van der Waals surface area contributed by atoms with Crippen molar-refractivity contribution >= 4 is 18.6 Å². The summed E-state index contributed by atoms with van der Waals surface area (Å²) in [6.07, 6.45) is 4.58. The number of halogens is 1. The SMILES string of the molecule is Cc1cc(CON=CC2CN3CCC2CC3)on1.Cl. The van der Waals surface area contributed by atoms with Crippen LogP contribution in [0.2, 0.25) is 0 Å². The van der Waals surface area contributed by atoms with E-state index in [1.807, 2.05) is 19.2 Å². The van der Waals surface area contributed by atoms with Crippen molar-refractivity contribution in [1.82, 2.24) is 10.1 Å². The summed E-state index contributed by atoms with van der Waals surface area (Å²) in [4.78, 5) is 7.77. The Kier molecular flexibility index (Phi) is 4.82. The molecule has 0 radical (unpaired) electrons. The first-order chi connectivity index (χ1) is 8.81. The van der Waals surface area contributed by atoms with Crippen molar-refractivity contribution in [2.24, 2.45) is 17.0 Å². The van der Waals surface area contributed by atoms with Crippen molar-refractivity contribution in [1.29, 1.82) is 0 Å². The first-order valence-electron chi connectivity index (χ1n) is 6.61. The van der Waals surface area contributed by atoms with Crippen molar-refractivity contribution in [2.75, 3.05) is 19.6 Å². The van der Waals surface area contributed by atoms with Gasteiger partial charge in [0.2, 0.25) is 0 Å². The molecule has 1 aromatic rings. The summed E-state index contributed by atoms with van der Waals surface area (Å²) < 4.78 is 5.05. The molecule has 19 heavy (non-hydrogen) atoms. The summed E-state index contributed by atoms with van der Waals surface area (Å²) in [5.74, 6) is 2.08. The van der Waals surface area contributed by atoms with Gasteiger partial charge >= 0.3 is 0 Å². The molecule has 6 heteroatoms. The molecule has 0 spiro atoms. The lowest BCUT2D eigenvalue weighted by molar-refractivity contribution is 0.0762. The van der Waals surface area contributed by atoms with Crippen LogP contribution in [-0.2, 0) is 11.4 Å². The van der Waals surface area contributed by atoms with Crippen LogP contribution in [0.5, 0.6) is 0 Å². The molecule has 0 aliphatic carbocycles. The zero-order valence-corrected chi connectivity index (χ0v) is 11.9. The van der Waals surface area contributed by atoms with E-state index in [2.05, 4.69) is 15.2 Å². The molecule has 0 amide bonds. The van der Waals surface area contributed by atoms with Gasteiger partial charge in [0.25, 0.3) is 0 Å². The highest BCUT2D eigenvalue weighted by Crippen LogP contribution is 2.31. The van der Waals surface area contributed by atoms with Gasteiger partial charge in [-0.1, -0.05) is 10.3 Å². The molecule has 4 rings (SSSR count). The molecule has 2 bridgehead atoms. The fraction of sp³-hybridized carbons (Fsp3) is 0.692. The largest absolute Gasteiger partial charge is 0.388 e. The van der Waals surface area contributed by atoms with E-state index >= 15 is 0 Å². The van der Waals surface area contributed by atoms with Crippen molar-refractivity contribution in [3.63, 3.8) is 0 Å². The summed E-state index contributed by atoms with van der Waals surface area (Å²) in [5.41, 5.74) is 0.870. The van der Waals surface area contributed by atoms with Crippen LogP contribution in [0.3, 0.4) is 0 Å². The molecular formula is C13H20ClN3O2. The van der Waals surface area contributed by atoms with Crippen LogP contribution in [0, 0.1) is 18.8 Å². The highest BCUT2D eigenvalue weighted by Gasteiger charge is 2.33. The Hall–Kier alpha value is -1.07. The van der Waals surface area contributed by atoms with Gasteiger partial charge in [0.1, 0.15) is 0 Å². The third-order valence-electron chi connectivity index (χ3n) is 3.92. The van der Waals surface area contributed by atoms with Crippen LogP contribution in [0.25, 0.3) is 0 Å². The molecule has 3 aliphatic rings. The Morgan fingerprint density at radius 1 is 1.53 bits per heavy atom. The van der Waals surface area contributed by atoms with Gasteiger partial charge in [-0.15, -0.1) is 12.4 Å². The van der Waals surface area contributed by atoms with E-state index in [1.54, 1.807) is 0 Å². The second-order valence-corrected chi connectivity index (χ2v) is 5.26. The van der Waals surface area contributed by atoms with E-state index in [0.29, 0.717) is 12.5 Å². The Morgan fingerprint density at radius 2 is 2.32 bits per heavy atom. The zero-order valence-electron chi connectivity index (χ0n) is 11.1. The highest BCUT2D eigenvalue weighted by atomic mass is 35.5. The monoisotopic (exact) mass is 285 g/mol. The molecule has 1 aromatic heterocycles. The van der Waals surface area contributed by atoms with Crippen LogP contribution in [0.4, 0.5) is 0 Å². The second kappa shape index (κ2) is 6.39. The molecule has 1 unspecified atom stereocenters. The molecule has 0 saturated carbocycles. The molecular weight excluding hydrogens is 266 g/mol. The molecule has 5 nitrogen and oxygen atoms in total. The summed E-state index contributed by atoms with van der Waals surface area (Å²) in [6.45, 7) is 5.90. The van der Waals surface area contributed by atoms with Gasteiger partial charge in [-0.2, -0.15) is 0 Å². The predicted octanol–water partition coefficient (Wildman–Crippen LogP) is 2.25. The number of hydrogen-bond acceptors (Lipinski definition) is 5. The first-order valence-corrected chi connectivity index (χ1v) is 6.61. The van der Waals surface area contributed by atoms with Gasteiger partial charge < -0.3 is 14.3 Å². The minimum absolute atomic E-state index is 0. The van der Waals surface area contributed by atoms with Crippen molar-refractivity contribution in [2.45, 2.75) is 26.4 Å². The maximum Gasteiger partial charge on any atom is 0.177 e. The lowest BCUT2D eigenvalue weighted by atomic mass is 9.80. The summed E-state index contributed by atoms with van der Waals surface area (Å²) in [7, 11) is 0. The lowest BCUT2D eigenvalue weighted by Gasteiger charge is -2.43. The molecule has 3 fully saturated rings. The second-order valence-electron chi connectivity index (χ2n) is 5.26. The molecule has 106 valence electrons. The van der Waals surface area contributed by atoms with Gasteiger partial charge in [0.15, 0.2) is 12.4 Å². The van der Waals surface area contributed by atoms with Crippen molar-refractivity contribution in [3.8, 4) is 0 Å². The molecule has 1 atom stereocenters. The van der Waals surface area contributed by atoms with Gasteiger partial charge in [-0.05, 0) is 38.8 Å². The van der Waals surface area contributed by atoms with E-state index < -0.39 is 0 Å². The van der Waals surface area contributed by atoms with Crippen LogP contribution >= 0.6 is 12.4 Å². The average molecular weight is 286 g/mol. The van der Waals surface area contributed by atoms with Gasteiger partial charge in [0.05, 0.1) is 5.69 Å². The van der Waals surface area contributed by atoms with Gasteiger partial charge in [-0.25, -0.2) is 0 Å². The van der Waals surface area contributed by atoms with E-state index in [-0.39, 0.29) is 12.4 Å². The summed E-state index contributed by atoms with van der Waals surface area (Å²) in [5, 5.41) is 7.88. The smallest absolute Gasteiger partial charge is 0.177 e. The number of nitrogens with zero attached hydrogens (tertiary/aromatic N) is 3. The van der Waals surface area contributed by atoms with Crippen molar-refractivity contribution in [3.05, 3.63) is 17.5 Å². The highest BCUT2D eigenvalue weighted by molar-refractivity contribution is 5.85. The minimum Gasteiger partial charge on any atom is -0.388 e. The molecule has 0 aromatic carbocycles. The van der Waals surface area contributed by atoms with Crippen LogP contribution in [0.15, 0.2) is 15.7 Å². The fourth-order valence-electron chi connectivity index (χ4n) is 2.89. The number of aryl methyl sites for hydroxylation is 1. The Labute approximate surface area is 119 Å². The predicted molar refractivity (Wildman–Crippen MR) is 74.4 cm³/mol. The van der Waals surface area contributed by atoms with Gasteiger partial charge in [0, 0.05) is 24.7 Å². The maximum absolute atomic E-state index is 5.26. The van der Waals surface area contributed by atoms with Crippen molar-refractivity contribution < 1.29 is 9.36 Å². The maximum atomic E-state index is 5.26. The fourth-order valence-corrected chi connectivity index (χ4v) is 2.89. The number of piperidine rings is 3. The third-order valence-corrected chi connectivity index (χ3v) is 3.92. The van der Waals surface area contributed by atoms with E-state index in [9.17, 15) is 0 Å². The number of oxime groups is 1. The van der Waals surface area contributed by atoms with E-state index in [1.165, 1.54) is 25.9 Å². The summed E-state index contributed by atoms with van der Waals surface area (Å²) >= 11 is 0. The number of fused-ring (bicyclic) bond motifs is 3. The topological polar surface area (TPSA) is 50.9 Å². The zero-order chi connectivity index (χ0) is 12.4. The number of hydrogen-bond donors (Lipinski definition) is 0. The standard InChI is InChI=1S/C13H19N3O2.ClH/c1-10-6-13(18-15-10)9-17-14-7-12-8-16-4-2-11(12)3-5-16;/h6-7,11-12H,2-5,8-9H2,1H3;1H. The Bertz CT molecular complexity index is 427. The normalized spacial score (nSPS) is 29.4. The minimum atomic E-state index is 0. The quantitative estimate of drug-likeness (QED) is 0.629. The summed E-state index contributed by atoms with van der Waals surface area (Å²) in [6, 6.07) is 1.86. The molecule has 0 N–H and O–H groups in total. The van der Waals surface area contributed by atoms with E-state index in [0.717, 1.165) is 23.9 Å². The van der Waals surface area contributed by atoms with Gasteiger partial charge in [-0.3, -0.25) is 0 Å². The Balaban J connectivity index is 0.00000133.